The second-order valence-corrected chi connectivity index (χ2v) is 6.45. The molecule has 0 heteroatoms. The molecular formula is C19H22. The molecule has 0 bridgehead atoms. The van der Waals surface area contributed by atoms with Crippen LogP contribution in [-0.2, 0) is 11.8 Å². The number of aryl methyl sites for hydroxylation is 1. The lowest BCUT2D eigenvalue weighted by molar-refractivity contribution is 0.506. The first kappa shape index (κ1) is 12.5. The summed E-state index contributed by atoms with van der Waals surface area (Å²) in [6.07, 6.45) is 2.28. The third kappa shape index (κ3) is 2.00. The van der Waals surface area contributed by atoms with Crippen LogP contribution in [0, 0.1) is 6.92 Å². The van der Waals surface area contributed by atoms with Crippen molar-refractivity contribution in [1.82, 2.24) is 0 Å². The summed E-state index contributed by atoms with van der Waals surface area (Å²) in [5.41, 5.74) is 8.96. The summed E-state index contributed by atoms with van der Waals surface area (Å²) in [7, 11) is 0. The van der Waals surface area contributed by atoms with Crippen LogP contribution in [0.15, 0.2) is 36.4 Å². The molecule has 0 spiro atoms. The Morgan fingerprint density at radius 1 is 0.947 bits per heavy atom. The van der Waals surface area contributed by atoms with Crippen molar-refractivity contribution in [2.24, 2.45) is 0 Å². The van der Waals surface area contributed by atoms with E-state index in [1.165, 1.54) is 39.8 Å². The first-order valence-electron chi connectivity index (χ1n) is 7.24. The topological polar surface area (TPSA) is 0 Å². The summed E-state index contributed by atoms with van der Waals surface area (Å²) in [6, 6.07) is 13.9. The van der Waals surface area contributed by atoms with Gasteiger partial charge < -0.3 is 0 Å². The second kappa shape index (κ2) is 4.23. The van der Waals surface area contributed by atoms with Gasteiger partial charge in [-0.05, 0) is 53.0 Å². The molecule has 0 nitrogen and oxygen atoms in total. The molecule has 0 amide bonds. The maximum absolute atomic E-state index is 2.42. The summed E-state index contributed by atoms with van der Waals surface area (Å²) in [6.45, 7) is 9.11. The summed E-state index contributed by atoms with van der Waals surface area (Å²) in [5, 5.41) is 0. The summed E-state index contributed by atoms with van der Waals surface area (Å²) in [4.78, 5) is 0. The predicted octanol–water partition coefficient (Wildman–Crippen LogP) is 5.25. The molecule has 0 heterocycles. The molecule has 0 fully saturated rings. The number of hydrogen-bond donors (Lipinski definition) is 0. The van der Waals surface area contributed by atoms with Gasteiger partial charge in [-0.3, -0.25) is 0 Å². The van der Waals surface area contributed by atoms with Gasteiger partial charge in [0.2, 0.25) is 0 Å². The maximum Gasteiger partial charge on any atom is -0.00133 e. The Morgan fingerprint density at radius 2 is 1.58 bits per heavy atom. The Bertz CT molecular complexity index is 632. The van der Waals surface area contributed by atoms with Crippen LogP contribution >= 0.6 is 0 Å². The van der Waals surface area contributed by atoms with Gasteiger partial charge in [-0.25, -0.2) is 0 Å². The molecule has 1 aliphatic rings. The fourth-order valence-corrected chi connectivity index (χ4v) is 2.96. The highest BCUT2D eigenvalue weighted by atomic mass is 14.3. The summed E-state index contributed by atoms with van der Waals surface area (Å²) in [5.74, 6) is 0. The average Bonchev–Trinajstić information content (AvgIpc) is 2.74. The Hall–Kier alpha value is -1.56. The van der Waals surface area contributed by atoms with Crippen LogP contribution in [0.2, 0.25) is 0 Å². The summed E-state index contributed by atoms with van der Waals surface area (Å²) < 4.78 is 0. The molecule has 2 aromatic carbocycles. The van der Waals surface area contributed by atoms with Crippen LogP contribution in [0.3, 0.4) is 0 Å². The molecule has 0 unspecified atom stereocenters. The third-order valence-electron chi connectivity index (χ3n) is 4.70. The van der Waals surface area contributed by atoms with E-state index in [1.807, 2.05) is 0 Å². The molecule has 2 aromatic rings. The minimum Gasteiger partial charge on any atom is -0.0646 e. The van der Waals surface area contributed by atoms with Crippen LogP contribution in [0.25, 0.3) is 11.1 Å². The Kier molecular flexibility index (Phi) is 2.78. The van der Waals surface area contributed by atoms with Gasteiger partial charge in [0.05, 0.1) is 0 Å². The highest BCUT2D eigenvalue weighted by Gasteiger charge is 2.23. The van der Waals surface area contributed by atoms with Gasteiger partial charge in [0.1, 0.15) is 0 Å². The van der Waals surface area contributed by atoms with Gasteiger partial charge in [0.15, 0.2) is 0 Å². The van der Waals surface area contributed by atoms with E-state index in [0.29, 0.717) is 0 Å². The number of benzene rings is 2. The van der Waals surface area contributed by atoms with E-state index in [9.17, 15) is 0 Å². The second-order valence-electron chi connectivity index (χ2n) is 6.45. The normalized spacial score (nSPS) is 13.3. The average molecular weight is 250 g/mol. The molecule has 0 atom stereocenters. The van der Waals surface area contributed by atoms with Crippen molar-refractivity contribution < 1.29 is 0 Å². The van der Waals surface area contributed by atoms with E-state index in [0.717, 1.165) is 6.42 Å². The molecule has 98 valence electrons. The van der Waals surface area contributed by atoms with Crippen molar-refractivity contribution in [1.29, 1.82) is 0 Å². The van der Waals surface area contributed by atoms with Crippen molar-refractivity contribution in [2.45, 2.75) is 46.0 Å². The van der Waals surface area contributed by atoms with Crippen LogP contribution in [0.4, 0.5) is 0 Å². The van der Waals surface area contributed by atoms with E-state index in [2.05, 4.69) is 64.1 Å². The van der Waals surface area contributed by atoms with Crippen LogP contribution in [0.5, 0.6) is 0 Å². The zero-order valence-corrected chi connectivity index (χ0v) is 12.4. The monoisotopic (exact) mass is 250 g/mol. The fourth-order valence-electron chi connectivity index (χ4n) is 2.96. The highest BCUT2D eigenvalue weighted by molar-refractivity contribution is 5.77. The number of rotatable bonds is 2. The van der Waals surface area contributed by atoms with E-state index in [4.69, 9.17) is 0 Å². The van der Waals surface area contributed by atoms with Crippen molar-refractivity contribution in [2.75, 3.05) is 0 Å². The molecule has 0 N–H and O–H groups in total. The van der Waals surface area contributed by atoms with Gasteiger partial charge in [0.25, 0.3) is 0 Å². The number of fused-ring (bicyclic) bond motifs is 3. The van der Waals surface area contributed by atoms with E-state index < -0.39 is 0 Å². The largest absolute Gasteiger partial charge is 0.0646 e. The van der Waals surface area contributed by atoms with Gasteiger partial charge >= 0.3 is 0 Å². The zero-order chi connectivity index (χ0) is 13.6. The predicted molar refractivity (Wildman–Crippen MR) is 82.7 cm³/mol. The third-order valence-corrected chi connectivity index (χ3v) is 4.70. The summed E-state index contributed by atoms with van der Waals surface area (Å²) >= 11 is 0. The zero-order valence-electron chi connectivity index (χ0n) is 12.4. The Morgan fingerprint density at radius 3 is 2.26 bits per heavy atom. The van der Waals surface area contributed by atoms with Gasteiger partial charge in [-0.15, -0.1) is 0 Å². The lowest BCUT2D eigenvalue weighted by atomic mass is 9.81. The molecule has 0 aliphatic heterocycles. The Balaban J connectivity index is 2.08. The number of hydrogen-bond acceptors (Lipinski definition) is 0. The first-order chi connectivity index (χ1) is 9.01. The van der Waals surface area contributed by atoms with Gasteiger partial charge in [-0.1, -0.05) is 62.7 Å². The van der Waals surface area contributed by atoms with Crippen LogP contribution in [0.1, 0.15) is 49.4 Å². The minimum atomic E-state index is 0.278. The lowest BCUT2D eigenvalue weighted by Gasteiger charge is -2.24. The van der Waals surface area contributed by atoms with Crippen LogP contribution in [-0.4, -0.2) is 0 Å². The standard InChI is InChI=1S/C19H22/c1-5-19(3,4)16-7-9-18-15(12-16)11-14-10-13(2)6-8-17(14)18/h6-10,12H,5,11H2,1-4H3. The van der Waals surface area contributed by atoms with E-state index in [1.54, 1.807) is 0 Å². The van der Waals surface area contributed by atoms with Gasteiger partial charge in [0, 0.05) is 0 Å². The molecule has 19 heavy (non-hydrogen) atoms. The van der Waals surface area contributed by atoms with E-state index >= 15 is 0 Å². The Labute approximate surface area is 116 Å². The molecule has 1 aliphatic carbocycles. The molecule has 0 radical (unpaired) electrons. The highest BCUT2D eigenvalue weighted by Crippen LogP contribution is 2.39. The quantitative estimate of drug-likeness (QED) is 0.582. The van der Waals surface area contributed by atoms with Crippen molar-refractivity contribution >= 4 is 0 Å². The maximum atomic E-state index is 2.42. The molecule has 0 aromatic heterocycles. The minimum absolute atomic E-state index is 0.278. The van der Waals surface area contributed by atoms with Crippen molar-refractivity contribution in [3.63, 3.8) is 0 Å². The first-order valence-corrected chi connectivity index (χ1v) is 7.24. The molecule has 0 saturated heterocycles. The fraction of sp³-hybridized carbons (Fsp3) is 0.368. The molecular weight excluding hydrogens is 228 g/mol. The van der Waals surface area contributed by atoms with Crippen LogP contribution < -0.4 is 0 Å². The molecule has 0 saturated carbocycles. The smallest absolute Gasteiger partial charge is 0.00133 e. The van der Waals surface area contributed by atoms with Crippen molar-refractivity contribution in [3.05, 3.63) is 58.7 Å². The molecule has 3 rings (SSSR count). The lowest BCUT2D eigenvalue weighted by Crippen LogP contribution is -2.15. The SMILES string of the molecule is CCC(C)(C)c1ccc2c(c1)Cc1cc(C)ccc1-2. The van der Waals surface area contributed by atoms with Gasteiger partial charge in [-0.2, -0.15) is 0 Å². The van der Waals surface area contributed by atoms with Crippen molar-refractivity contribution in [3.8, 4) is 11.1 Å². The van der Waals surface area contributed by atoms with E-state index in [-0.39, 0.29) is 5.41 Å².